The number of aromatic nitrogens is 1. The van der Waals surface area contributed by atoms with Crippen LogP contribution in [0.2, 0.25) is 0 Å². The molecule has 8 aromatic carbocycles. The Morgan fingerprint density at radius 2 is 0.965 bits per heavy atom. The Morgan fingerprint density at radius 3 is 1.67 bits per heavy atom. The molecular weight excluding hydrogens is 701 g/mol. The van der Waals surface area contributed by atoms with Gasteiger partial charge in [-0.05, 0) is 59.2 Å². The van der Waals surface area contributed by atoms with Crippen molar-refractivity contribution < 1.29 is 8.83 Å². The summed E-state index contributed by atoms with van der Waals surface area (Å²) in [5, 5.41) is 18.3. The van der Waals surface area contributed by atoms with E-state index in [1.54, 1.807) is 0 Å². The fourth-order valence-electron chi connectivity index (χ4n) is 9.07. The zero-order valence-electron chi connectivity index (χ0n) is 30.8. The quantitative estimate of drug-likeness (QED) is 0.164. The second kappa shape index (κ2) is 12.8. The van der Waals surface area contributed by atoms with E-state index in [2.05, 4.69) is 203 Å². The van der Waals surface area contributed by atoms with Gasteiger partial charge in [-0.2, -0.15) is 0 Å². The number of hydrogen-bond acceptors (Lipinski definition) is 5. The van der Waals surface area contributed by atoms with E-state index in [0.717, 1.165) is 66.3 Å². The van der Waals surface area contributed by atoms with Crippen molar-refractivity contribution in [1.82, 2.24) is 20.5 Å². The van der Waals surface area contributed by atoms with Gasteiger partial charge in [-0.25, -0.2) is 0 Å². The molecule has 3 N–H and O–H groups in total. The highest BCUT2D eigenvalue weighted by molar-refractivity contribution is 6.13. The Kier molecular flexibility index (Phi) is 7.25. The largest absolute Gasteiger partial charge is 0.456 e. The van der Waals surface area contributed by atoms with Gasteiger partial charge in [-0.1, -0.05) is 140 Å². The van der Waals surface area contributed by atoms with Gasteiger partial charge in [-0.3, -0.25) is 16.0 Å². The Morgan fingerprint density at radius 1 is 0.386 bits per heavy atom. The third kappa shape index (κ3) is 5.16. The summed E-state index contributed by atoms with van der Waals surface area (Å²) >= 11 is 0. The molecule has 6 nitrogen and oxygen atoms in total. The smallest absolute Gasteiger partial charge is 0.143 e. The summed E-state index contributed by atoms with van der Waals surface area (Å²) in [6.07, 6.45) is -0.324. The Bertz CT molecular complexity index is 3210. The molecule has 1 aliphatic rings. The van der Waals surface area contributed by atoms with E-state index in [-0.39, 0.29) is 18.5 Å². The molecule has 2 unspecified atom stereocenters. The maximum absolute atomic E-state index is 6.85. The van der Waals surface area contributed by atoms with Gasteiger partial charge in [0.05, 0.1) is 29.5 Å². The van der Waals surface area contributed by atoms with E-state index in [0.29, 0.717) is 0 Å². The van der Waals surface area contributed by atoms with Crippen molar-refractivity contribution in [3.63, 3.8) is 0 Å². The van der Waals surface area contributed by atoms with Crippen molar-refractivity contribution in [3.05, 3.63) is 199 Å². The maximum Gasteiger partial charge on any atom is 0.143 e. The first kappa shape index (κ1) is 32.3. The third-order valence-electron chi connectivity index (χ3n) is 11.7. The Hall–Kier alpha value is -6.96. The Labute approximate surface area is 327 Å². The zero-order chi connectivity index (χ0) is 37.5. The summed E-state index contributed by atoms with van der Waals surface area (Å²) in [5.74, 6) is 0. The maximum atomic E-state index is 6.85. The van der Waals surface area contributed by atoms with Crippen molar-refractivity contribution in [2.45, 2.75) is 18.5 Å². The highest BCUT2D eigenvalue weighted by Crippen LogP contribution is 2.41. The lowest BCUT2D eigenvalue weighted by atomic mass is 10.00. The van der Waals surface area contributed by atoms with Crippen molar-refractivity contribution in [2.75, 3.05) is 0 Å². The molecule has 272 valence electrons. The lowest BCUT2D eigenvalue weighted by Gasteiger charge is -2.39. The van der Waals surface area contributed by atoms with Gasteiger partial charge in [0.25, 0.3) is 0 Å². The molecule has 0 aliphatic carbocycles. The minimum absolute atomic E-state index is 0.0729. The number of furan rings is 2. The normalized spacial score (nSPS) is 17.4. The minimum atomic E-state index is -0.179. The van der Waals surface area contributed by atoms with E-state index in [1.807, 2.05) is 0 Å². The second-order valence-corrected chi connectivity index (χ2v) is 15.0. The van der Waals surface area contributed by atoms with Crippen LogP contribution < -0.4 is 16.0 Å². The van der Waals surface area contributed by atoms with Gasteiger partial charge < -0.3 is 13.4 Å². The van der Waals surface area contributed by atoms with E-state index in [1.165, 1.54) is 32.9 Å². The van der Waals surface area contributed by atoms with Gasteiger partial charge in [-0.15, -0.1) is 0 Å². The van der Waals surface area contributed by atoms with Crippen molar-refractivity contribution in [2.24, 2.45) is 0 Å². The SMILES string of the molecule is c1ccc(C2NC(c3ccccc3)NC(c3cccc4c3oc3cc(-c5cccc6c5oc5ccc(-n7c8ccccc8c8ccccc87)cc56)ccc34)N2)cc1. The first-order valence-electron chi connectivity index (χ1n) is 19.5. The summed E-state index contributed by atoms with van der Waals surface area (Å²) in [6, 6.07) is 64.3. The van der Waals surface area contributed by atoms with E-state index in [9.17, 15) is 0 Å². The summed E-state index contributed by atoms with van der Waals surface area (Å²) in [6.45, 7) is 0. The fourth-order valence-corrected chi connectivity index (χ4v) is 9.07. The summed E-state index contributed by atoms with van der Waals surface area (Å²) in [7, 11) is 0. The molecular formula is C51H36N4O2. The van der Waals surface area contributed by atoms with E-state index in [4.69, 9.17) is 8.83 Å². The zero-order valence-corrected chi connectivity index (χ0v) is 30.8. The van der Waals surface area contributed by atoms with Crippen molar-refractivity contribution >= 4 is 65.7 Å². The summed E-state index contributed by atoms with van der Waals surface area (Å²) in [5.41, 5.74) is 12.4. The fraction of sp³-hybridized carbons (Fsp3) is 0.0588. The average Bonchev–Trinajstić information content (AvgIpc) is 3.96. The van der Waals surface area contributed by atoms with E-state index < -0.39 is 0 Å². The average molecular weight is 737 g/mol. The minimum Gasteiger partial charge on any atom is -0.456 e. The first-order valence-corrected chi connectivity index (χ1v) is 19.5. The molecule has 0 bridgehead atoms. The first-order chi connectivity index (χ1) is 28.2. The Balaban J connectivity index is 0.949. The van der Waals surface area contributed by atoms with Crippen molar-refractivity contribution in [1.29, 1.82) is 0 Å². The summed E-state index contributed by atoms with van der Waals surface area (Å²) in [4.78, 5) is 0. The number of para-hydroxylation sites is 4. The van der Waals surface area contributed by atoms with Gasteiger partial charge in [0.15, 0.2) is 0 Å². The van der Waals surface area contributed by atoms with Crippen LogP contribution in [0.1, 0.15) is 35.2 Å². The molecule has 3 aromatic heterocycles. The van der Waals surface area contributed by atoms with Crippen molar-refractivity contribution in [3.8, 4) is 16.8 Å². The molecule has 2 atom stereocenters. The summed E-state index contributed by atoms with van der Waals surface area (Å²) < 4.78 is 15.9. The lowest BCUT2D eigenvalue weighted by Crippen LogP contribution is -2.54. The molecule has 11 aromatic rings. The van der Waals surface area contributed by atoms with Crippen LogP contribution in [0.5, 0.6) is 0 Å². The number of nitrogens with one attached hydrogen (secondary N) is 3. The number of nitrogens with zero attached hydrogens (tertiary/aromatic N) is 1. The van der Waals surface area contributed by atoms with Crippen LogP contribution in [-0.4, -0.2) is 4.57 Å². The van der Waals surface area contributed by atoms with E-state index >= 15 is 0 Å². The molecule has 4 heterocycles. The highest BCUT2D eigenvalue weighted by Gasteiger charge is 2.31. The number of fused-ring (bicyclic) bond motifs is 9. The number of hydrogen-bond donors (Lipinski definition) is 3. The van der Waals surface area contributed by atoms with Gasteiger partial charge in [0, 0.05) is 49.1 Å². The third-order valence-corrected chi connectivity index (χ3v) is 11.7. The predicted molar refractivity (Wildman–Crippen MR) is 231 cm³/mol. The molecule has 6 heteroatoms. The number of rotatable bonds is 5. The van der Waals surface area contributed by atoms with Crippen LogP contribution in [-0.2, 0) is 0 Å². The van der Waals surface area contributed by atoms with Gasteiger partial charge in [0.1, 0.15) is 22.3 Å². The molecule has 0 radical (unpaired) electrons. The molecule has 12 rings (SSSR count). The molecule has 0 amide bonds. The molecule has 0 spiro atoms. The second-order valence-electron chi connectivity index (χ2n) is 15.0. The lowest BCUT2D eigenvalue weighted by molar-refractivity contribution is 0.203. The molecule has 0 saturated carbocycles. The van der Waals surface area contributed by atoms with Crippen LogP contribution >= 0.6 is 0 Å². The molecule has 57 heavy (non-hydrogen) atoms. The predicted octanol–water partition coefficient (Wildman–Crippen LogP) is 12.4. The van der Waals surface area contributed by atoms with Crippen LogP contribution in [0.4, 0.5) is 0 Å². The molecule has 1 saturated heterocycles. The topological polar surface area (TPSA) is 67.3 Å². The monoisotopic (exact) mass is 736 g/mol. The van der Waals surface area contributed by atoms with Gasteiger partial charge >= 0.3 is 0 Å². The molecule has 1 aliphatic heterocycles. The number of benzene rings is 8. The highest BCUT2D eigenvalue weighted by atomic mass is 16.3. The molecule has 1 fully saturated rings. The van der Waals surface area contributed by atoms with Crippen LogP contribution in [0.25, 0.3) is 82.5 Å². The van der Waals surface area contributed by atoms with Crippen LogP contribution in [0, 0.1) is 0 Å². The van der Waals surface area contributed by atoms with Gasteiger partial charge in [0.2, 0.25) is 0 Å². The van der Waals surface area contributed by atoms with Crippen LogP contribution in [0.3, 0.4) is 0 Å². The van der Waals surface area contributed by atoms with Crippen LogP contribution in [0.15, 0.2) is 191 Å². The standard InChI is InChI=1S/C51H36N4O2/c1-3-13-31(14-4-1)49-52-50(32-15-5-2-6-16-32)54-51(53-49)41-22-12-20-39-38-27-25-33(29-46(38)57-48(39)41)35-19-11-21-40-42-30-34(26-28-45(42)56-47(35)40)55-43-23-9-7-17-36(43)37-18-8-10-24-44(37)55/h1-30,49-54H.